The summed E-state index contributed by atoms with van der Waals surface area (Å²) in [6.07, 6.45) is 4.11. The summed E-state index contributed by atoms with van der Waals surface area (Å²) in [5, 5.41) is 0.610. The Morgan fingerprint density at radius 1 is 1.00 bits per heavy atom. The highest BCUT2D eigenvalue weighted by Gasteiger charge is 2.31. The van der Waals surface area contributed by atoms with Crippen molar-refractivity contribution >= 4 is 29.1 Å². The van der Waals surface area contributed by atoms with E-state index in [9.17, 15) is 9.59 Å². The minimum absolute atomic E-state index is 0.0313. The Morgan fingerprint density at radius 2 is 1.71 bits per heavy atom. The first-order valence-corrected chi connectivity index (χ1v) is 11.5. The van der Waals surface area contributed by atoms with Crippen LogP contribution in [0.5, 0.6) is 0 Å². The minimum atomic E-state index is -0.158. The summed E-state index contributed by atoms with van der Waals surface area (Å²) in [7, 11) is 1.88. The third-order valence-corrected chi connectivity index (χ3v) is 6.62. The van der Waals surface area contributed by atoms with Gasteiger partial charge in [-0.2, -0.15) is 0 Å². The average Bonchev–Trinajstić information content (AvgIpc) is 3.34. The van der Waals surface area contributed by atoms with E-state index in [1.165, 1.54) is 24.1 Å². The van der Waals surface area contributed by atoms with Crippen LogP contribution in [0.15, 0.2) is 48.5 Å². The first-order chi connectivity index (χ1) is 15.0. The standard InChI is InChI=1S/C25H30ClN3O2/c1-27(17-20-7-2-3-9-23(20)28-14-4-5-15-28)24(30)21-8-6-16-29(18-21)25(31)19-10-12-22(26)13-11-19/h2-3,7,9-13,21H,4-6,8,14-18H2,1H3/t21-/m0/s1. The second kappa shape index (κ2) is 9.73. The second-order valence-corrected chi connectivity index (χ2v) is 9.05. The van der Waals surface area contributed by atoms with Crippen LogP contribution in [-0.4, -0.2) is 54.8 Å². The van der Waals surface area contributed by atoms with E-state index >= 15 is 0 Å². The van der Waals surface area contributed by atoms with Gasteiger partial charge in [0.15, 0.2) is 0 Å². The molecule has 2 aromatic carbocycles. The molecule has 31 heavy (non-hydrogen) atoms. The van der Waals surface area contributed by atoms with Crippen molar-refractivity contribution in [2.24, 2.45) is 5.92 Å². The molecule has 0 bridgehead atoms. The van der Waals surface area contributed by atoms with Gasteiger partial charge in [-0.25, -0.2) is 0 Å². The van der Waals surface area contributed by atoms with Crippen LogP contribution < -0.4 is 4.90 Å². The van der Waals surface area contributed by atoms with Crippen LogP contribution in [0.2, 0.25) is 5.02 Å². The Kier molecular flexibility index (Phi) is 6.81. The first kappa shape index (κ1) is 21.7. The number of benzene rings is 2. The third kappa shape index (κ3) is 5.04. The van der Waals surface area contributed by atoms with E-state index in [0.717, 1.165) is 25.9 Å². The molecule has 0 unspecified atom stereocenters. The number of carbonyl (C=O) groups is 2. The number of hydrogen-bond donors (Lipinski definition) is 0. The van der Waals surface area contributed by atoms with Crippen molar-refractivity contribution in [2.75, 3.05) is 38.1 Å². The molecule has 2 saturated heterocycles. The second-order valence-electron chi connectivity index (χ2n) is 8.61. The predicted molar refractivity (Wildman–Crippen MR) is 124 cm³/mol. The molecule has 2 aromatic rings. The quantitative estimate of drug-likeness (QED) is 0.691. The van der Waals surface area contributed by atoms with Gasteiger partial charge in [0.1, 0.15) is 0 Å². The van der Waals surface area contributed by atoms with Crippen LogP contribution in [0.25, 0.3) is 0 Å². The molecule has 2 heterocycles. The van der Waals surface area contributed by atoms with E-state index in [1.807, 2.05) is 18.0 Å². The molecular weight excluding hydrogens is 410 g/mol. The number of nitrogens with zero attached hydrogens (tertiary/aromatic N) is 3. The zero-order valence-corrected chi connectivity index (χ0v) is 18.9. The molecule has 1 atom stereocenters. The highest BCUT2D eigenvalue weighted by Crippen LogP contribution is 2.27. The third-order valence-electron chi connectivity index (χ3n) is 6.37. The molecule has 2 aliphatic heterocycles. The Morgan fingerprint density at radius 3 is 2.45 bits per heavy atom. The summed E-state index contributed by atoms with van der Waals surface area (Å²) in [4.78, 5) is 32.2. The molecule has 2 aliphatic rings. The number of likely N-dealkylation sites (tertiary alicyclic amines) is 1. The van der Waals surface area contributed by atoms with Crippen molar-refractivity contribution in [2.45, 2.75) is 32.2 Å². The SMILES string of the molecule is CN(Cc1ccccc1N1CCCC1)C(=O)[C@H]1CCCN(C(=O)c2ccc(Cl)cc2)C1. The van der Waals surface area contributed by atoms with Crippen LogP contribution in [0, 0.1) is 5.92 Å². The number of rotatable bonds is 5. The Balaban J connectivity index is 1.41. The maximum atomic E-state index is 13.2. The van der Waals surface area contributed by atoms with Crippen LogP contribution in [0.4, 0.5) is 5.69 Å². The molecule has 2 fully saturated rings. The smallest absolute Gasteiger partial charge is 0.253 e. The maximum absolute atomic E-state index is 13.2. The summed E-state index contributed by atoms with van der Waals surface area (Å²) in [6.45, 7) is 3.91. The lowest BCUT2D eigenvalue weighted by atomic mass is 9.95. The van der Waals surface area contributed by atoms with Gasteiger partial charge in [-0.05, 0) is 61.6 Å². The molecule has 0 spiro atoms. The van der Waals surface area contributed by atoms with E-state index in [4.69, 9.17) is 11.6 Å². The number of hydrogen-bond acceptors (Lipinski definition) is 3. The van der Waals surface area contributed by atoms with E-state index in [1.54, 1.807) is 29.2 Å². The number of anilines is 1. The maximum Gasteiger partial charge on any atom is 0.253 e. The van der Waals surface area contributed by atoms with Crippen molar-refractivity contribution in [3.8, 4) is 0 Å². The number of para-hydroxylation sites is 1. The van der Waals surface area contributed by atoms with Crippen LogP contribution in [0.1, 0.15) is 41.6 Å². The molecule has 5 nitrogen and oxygen atoms in total. The largest absolute Gasteiger partial charge is 0.371 e. The van der Waals surface area contributed by atoms with Gasteiger partial charge >= 0.3 is 0 Å². The van der Waals surface area contributed by atoms with E-state index in [-0.39, 0.29) is 17.7 Å². The molecule has 0 aromatic heterocycles. The molecule has 0 N–H and O–H groups in total. The van der Waals surface area contributed by atoms with Crippen LogP contribution >= 0.6 is 11.6 Å². The molecule has 4 rings (SSSR count). The molecule has 6 heteroatoms. The molecule has 0 saturated carbocycles. The van der Waals surface area contributed by atoms with E-state index in [0.29, 0.717) is 30.2 Å². The molecular formula is C25H30ClN3O2. The average molecular weight is 440 g/mol. The summed E-state index contributed by atoms with van der Waals surface area (Å²) in [6, 6.07) is 15.3. The normalized spacial score (nSPS) is 18.8. The number of amides is 2. The van der Waals surface area contributed by atoms with Crippen LogP contribution in [-0.2, 0) is 11.3 Å². The van der Waals surface area contributed by atoms with Crippen molar-refractivity contribution < 1.29 is 9.59 Å². The Bertz CT molecular complexity index is 925. The van der Waals surface area contributed by atoms with Gasteiger partial charge in [0, 0.05) is 56.0 Å². The summed E-state index contributed by atoms with van der Waals surface area (Å²) < 4.78 is 0. The van der Waals surface area contributed by atoms with Gasteiger partial charge in [-0.15, -0.1) is 0 Å². The highest BCUT2D eigenvalue weighted by atomic mass is 35.5. The Hall–Kier alpha value is -2.53. The fourth-order valence-corrected chi connectivity index (χ4v) is 4.82. The zero-order valence-electron chi connectivity index (χ0n) is 18.1. The monoisotopic (exact) mass is 439 g/mol. The van der Waals surface area contributed by atoms with E-state index < -0.39 is 0 Å². The van der Waals surface area contributed by atoms with Crippen molar-refractivity contribution in [3.05, 3.63) is 64.7 Å². The zero-order chi connectivity index (χ0) is 21.8. The molecule has 0 aliphatic carbocycles. The topological polar surface area (TPSA) is 43.9 Å². The Labute approximate surface area is 189 Å². The van der Waals surface area contributed by atoms with Gasteiger partial charge in [0.05, 0.1) is 5.92 Å². The summed E-state index contributed by atoms with van der Waals surface area (Å²) in [5.74, 6) is -0.0741. The summed E-state index contributed by atoms with van der Waals surface area (Å²) >= 11 is 5.94. The number of carbonyl (C=O) groups excluding carboxylic acids is 2. The van der Waals surface area contributed by atoms with Crippen LogP contribution in [0.3, 0.4) is 0 Å². The molecule has 2 amide bonds. The minimum Gasteiger partial charge on any atom is -0.371 e. The van der Waals surface area contributed by atoms with Crippen molar-refractivity contribution in [1.29, 1.82) is 0 Å². The predicted octanol–water partition coefficient (Wildman–Crippen LogP) is 4.45. The lowest BCUT2D eigenvalue weighted by Crippen LogP contribution is -2.45. The van der Waals surface area contributed by atoms with Crippen molar-refractivity contribution in [1.82, 2.24) is 9.80 Å². The molecule has 164 valence electrons. The fourth-order valence-electron chi connectivity index (χ4n) is 4.69. The van der Waals surface area contributed by atoms with E-state index in [2.05, 4.69) is 23.1 Å². The lowest BCUT2D eigenvalue weighted by Gasteiger charge is -2.34. The first-order valence-electron chi connectivity index (χ1n) is 11.2. The van der Waals surface area contributed by atoms with Gasteiger partial charge < -0.3 is 14.7 Å². The van der Waals surface area contributed by atoms with Crippen molar-refractivity contribution in [3.63, 3.8) is 0 Å². The number of halogens is 1. The van der Waals surface area contributed by atoms with Gasteiger partial charge in [-0.1, -0.05) is 29.8 Å². The van der Waals surface area contributed by atoms with Gasteiger partial charge in [0.2, 0.25) is 5.91 Å². The summed E-state index contributed by atoms with van der Waals surface area (Å²) in [5.41, 5.74) is 3.04. The fraction of sp³-hybridized carbons (Fsp3) is 0.440. The highest BCUT2D eigenvalue weighted by molar-refractivity contribution is 6.30. The number of piperidine rings is 1. The van der Waals surface area contributed by atoms with Gasteiger partial charge in [-0.3, -0.25) is 9.59 Å². The molecule has 0 radical (unpaired) electrons. The lowest BCUT2D eigenvalue weighted by molar-refractivity contribution is -0.136. The van der Waals surface area contributed by atoms with Gasteiger partial charge in [0.25, 0.3) is 5.91 Å².